The smallest absolute Gasteiger partial charge is 0.243 e. The monoisotopic (exact) mass is 396 g/mol. The summed E-state index contributed by atoms with van der Waals surface area (Å²) in [5.41, 5.74) is 0.274. The van der Waals surface area contributed by atoms with E-state index in [2.05, 4.69) is 16.7 Å². The fourth-order valence-electron chi connectivity index (χ4n) is 2.80. The van der Waals surface area contributed by atoms with Crippen LogP contribution < -0.4 is 10.6 Å². The zero-order chi connectivity index (χ0) is 21.1. The fraction of sp³-hybridized carbons (Fsp3) is 0.350. The minimum atomic E-state index is -0.982. The SMILES string of the molecule is CC(=O)c1cccc(NC(=O)[C@@H](C)SC2=C(C#N)C(C)(C)[C@@H](C#N)C(=O)N2)c1. The second-order valence-electron chi connectivity index (χ2n) is 6.98. The highest BCUT2D eigenvalue weighted by Gasteiger charge is 2.45. The summed E-state index contributed by atoms with van der Waals surface area (Å²) in [5.74, 6) is -1.92. The van der Waals surface area contributed by atoms with Crippen LogP contribution in [0.3, 0.4) is 0 Å². The number of ketones is 1. The van der Waals surface area contributed by atoms with E-state index >= 15 is 0 Å². The Balaban J connectivity index is 2.21. The van der Waals surface area contributed by atoms with E-state index < -0.39 is 22.5 Å². The fourth-order valence-corrected chi connectivity index (χ4v) is 3.91. The first-order valence-corrected chi connectivity index (χ1v) is 9.43. The highest BCUT2D eigenvalue weighted by Crippen LogP contribution is 2.42. The quantitative estimate of drug-likeness (QED) is 0.738. The molecule has 2 atom stereocenters. The lowest BCUT2D eigenvalue weighted by Gasteiger charge is -2.35. The molecule has 144 valence electrons. The highest BCUT2D eigenvalue weighted by molar-refractivity contribution is 8.04. The Morgan fingerprint density at radius 1 is 1.32 bits per heavy atom. The van der Waals surface area contributed by atoms with Crippen molar-refractivity contribution in [3.63, 3.8) is 0 Å². The molecule has 0 spiro atoms. The summed E-state index contributed by atoms with van der Waals surface area (Å²) in [6.07, 6.45) is 0. The maximum absolute atomic E-state index is 12.5. The third-order valence-electron chi connectivity index (χ3n) is 4.53. The Hall–Kier alpha value is -3.10. The lowest BCUT2D eigenvalue weighted by atomic mass is 9.72. The molecule has 28 heavy (non-hydrogen) atoms. The number of benzene rings is 1. The van der Waals surface area contributed by atoms with Crippen molar-refractivity contribution in [2.45, 2.75) is 32.9 Å². The minimum absolute atomic E-state index is 0.110. The largest absolute Gasteiger partial charge is 0.325 e. The molecule has 2 N–H and O–H groups in total. The van der Waals surface area contributed by atoms with E-state index in [1.807, 2.05) is 6.07 Å². The highest BCUT2D eigenvalue weighted by atomic mass is 32.2. The molecular weight excluding hydrogens is 376 g/mol. The average molecular weight is 396 g/mol. The average Bonchev–Trinajstić information content (AvgIpc) is 2.61. The van der Waals surface area contributed by atoms with Gasteiger partial charge in [-0.05, 0) is 26.0 Å². The first kappa shape index (κ1) is 21.2. The molecule has 0 bridgehead atoms. The van der Waals surface area contributed by atoms with Crippen LogP contribution in [0.15, 0.2) is 34.9 Å². The van der Waals surface area contributed by atoms with Crippen molar-refractivity contribution in [3.05, 3.63) is 40.4 Å². The van der Waals surface area contributed by atoms with E-state index in [0.29, 0.717) is 11.3 Å². The third kappa shape index (κ3) is 4.24. The molecule has 0 saturated heterocycles. The van der Waals surface area contributed by atoms with Gasteiger partial charge in [0.25, 0.3) is 0 Å². The van der Waals surface area contributed by atoms with Gasteiger partial charge in [-0.2, -0.15) is 10.5 Å². The van der Waals surface area contributed by atoms with Crippen LogP contribution in [0.4, 0.5) is 5.69 Å². The number of nitriles is 2. The Bertz CT molecular complexity index is 953. The number of hydrogen-bond acceptors (Lipinski definition) is 6. The van der Waals surface area contributed by atoms with Gasteiger partial charge < -0.3 is 10.6 Å². The van der Waals surface area contributed by atoms with Gasteiger partial charge >= 0.3 is 0 Å². The second-order valence-corrected chi connectivity index (χ2v) is 8.33. The topological polar surface area (TPSA) is 123 Å². The van der Waals surface area contributed by atoms with E-state index in [4.69, 9.17) is 0 Å². The molecule has 8 heteroatoms. The maximum Gasteiger partial charge on any atom is 0.243 e. The van der Waals surface area contributed by atoms with Gasteiger partial charge in [0.2, 0.25) is 11.8 Å². The van der Waals surface area contributed by atoms with E-state index in [9.17, 15) is 24.9 Å². The first-order chi connectivity index (χ1) is 13.1. The number of carbonyl (C=O) groups is 3. The number of amides is 2. The van der Waals surface area contributed by atoms with Crippen LogP contribution in [0.5, 0.6) is 0 Å². The number of nitrogens with one attached hydrogen (secondary N) is 2. The number of carbonyl (C=O) groups excluding carboxylic acids is 3. The number of nitrogens with zero attached hydrogens (tertiary/aromatic N) is 2. The van der Waals surface area contributed by atoms with E-state index in [0.717, 1.165) is 11.8 Å². The summed E-state index contributed by atoms with van der Waals surface area (Å²) in [4.78, 5) is 36.2. The van der Waals surface area contributed by atoms with Gasteiger partial charge in [-0.3, -0.25) is 14.4 Å². The van der Waals surface area contributed by atoms with E-state index in [-0.39, 0.29) is 22.3 Å². The normalized spacial score (nSPS) is 19.1. The number of allylic oxidation sites excluding steroid dienone is 1. The van der Waals surface area contributed by atoms with Crippen molar-refractivity contribution in [1.29, 1.82) is 10.5 Å². The summed E-state index contributed by atoms with van der Waals surface area (Å²) in [6.45, 7) is 6.41. The van der Waals surface area contributed by atoms with Crippen molar-refractivity contribution >= 4 is 35.0 Å². The van der Waals surface area contributed by atoms with Gasteiger partial charge in [-0.15, -0.1) is 0 Å². The Kier molecular flexibility index (Phi) is 6.27. The Labute approximate surface area is 167 Å². The molecule has 0 unspecified atom stereocenters. The van der Waals surface area contributed by atoms with Crippen LogP contribution in [0.2, 0.25) is 0 Å². The van der Waals surface area contributed by atoms with E-state index in [1.165, 1.54) is 6.92 Å². The zero-order valence-electron chi connectivity index (χ0n) is 16.0. The second kappa shape index (κ2) is 8.28. The van der Waals surface area contributed by atoms with Crippen molar-refractivity contribution in [2.75, 3.05) is 5.32 Å². The van der Waals surface area contributed by atoms with Crippen LogP contribution in [0, 0.1) is 34.0 Å². The molecular formula is C20H20N4O3S. The standard InChI is InChI=1S/C20H20N4O3S/c1-11(25)13-6-5-7-14(8-13)23-17(26)12(2)28-19-16(10-22)20(3,4)15(9-21)18(27)24-19/h5-8,12,15H,1-4H3,(H,23,26)(H,24,27)/t12-,15+/m1/s1. The number of hydrogen-bond donors (Lipinski definition) is 2. The van der Waals surface area contributed by atoms with Crippen LogP contribution in [-0.4, -0.2) is 22.8 Å². The Morgan fingerprint density at radius 3 is 2.57 bits per heavy atom. The van der Waals surface area contributed by atoms with Crippen molar-refractivity contribution in [3.8, 4) is 12.1 Å². The Morgan fingerprint density at radius 2 is 2.00 bits per heavy atom. The summed E-state index contributed by atoms with van der Waals surface area (Å²) in [5, 5.41) is 23.8. The summed E-state index contributed by atoms with van der Waals surface area (Å²) < 4.78 is 0. The van der Waals surface area contributed by atoms with Gasteiger partial charge in [-0.1, -0.05) is 37.7 Å². The van der Waals surface area contributed by atoms with Crippen molar-refractivity contribution in [2.24, 2.45) is 11.3 Å². The molecule has 0 saturated carbocycles. The predicted molar refractivity (Wildman–Crippen MR) is 106 cm³/mol. The van der Waals surface area contributed by atoms with Gasteiger partial charge in [-0.25, -0.2) is 0 Å². The summed E-state index contributed by atoms with van der Waals surface area (Å²) in [7, 11) is 0. The first-order valence-electron chi connectivity index (χ1n) is 8.55. The van der Waals surface area contributed by atoms with Gasteiger partial charge in [0, 0.05) is 16.7 Å². The molecule has 0 fully saturated rings. The summed E-state index contributed by atoms with van der Waals surface area (Å²) in [6, 6.07) is 10.6. The molecule has 1 aliphatic rings. The molecule has 1 aromatic carbocycles. The lowest BCUT2D eigenvalue weighted by Crippen LogP contribution is -2.45. The van der Waals surface area contributed by atoms with Crippen molar-refractivity contribution < 1.29 is 14.4 Å². The molecule has 0 aromatic heterocycles. The molecule has 0 radical (unpaired) electrons. The van der Waals surface area contributed by atoms with Crippen LogP contribution in [-0.2, 0) is 9.59 Å². The third-order valence-corrected chi connectivity index (χ3v) is 5.64. The number of thioether (sulfide) groups is 1. The maximum atomic E-state index is 12.5. The number of Topliss-reactive ketones (excluding diaryl/α,β-unsaturated/α-hetero) is 1. The molecule has 0 aliphatic carbocycles. The molecule has 2 rings (SSSR count). The van der Waals surface area contributed by atoms with Crippen LogP contribution in [0.1, 0.15) is 38.1 Å². The molecule has 1 aliphatic heterocycles. The van der Waals surface area contributed by atoms with Crippen molar-refractivity contribution in [1.82, 2.24) is 5.32 Å². The molecule has 1 aromatic rings. The number of rotatable bonds is 5. The molecule has 7 nitrogen and oxygen atoms in total. The molecule has 1 heterocycles. The zero-order valence-corrected chi connectivity index (χ0v) is 16.8. The number of anilines is 1. The van der Waals surface area contributed by atoms with E-state index in [1.54, 1.807) is 45.0 Å². The van der Waals surface area contributed by atoms with Crippen LogP contribution in [0.25, 0.3) is 0 Å². The lowest BCUT2D eigenvalue weighted by molar-refractivity contribution is -0.125. The van der Waals surface area contributed by atoms with Gasteiger partial charge in [0.1, 0.15) is 5.92 Å². The van der Waals surface area contributed by atoms with Gasteiger partial charge in [0.15, 0.2) is 5.78 Å². The summed E-state index contributed by atoms with van der Waals surface area (Å²) >= 11 is 1.05. The van der Waals surface area contributed by atoms with Gasteiger partial charge in [0.05, 0.1) is 28.0 Å². The minimum Gasteiger partial charge on any atom is -0.325 e. The predicted octanol–water partition coefficient (Wildman–Crippen LogP) is 2.98. The molecule has 2 amide bonds. The van der Waals surface area contributed by atoms with Crippen LogP contribution >= 0.6 is 11.8 Å².